The number of rotatable bonds is 1. The maximum atomic E-state index is 12.0. The molecule has 0 heterocycles. The summed E-state index contributed by atoms with van der Waals surface area (Å²) in [5.41, 5.74) is 0.0432. The first-order valence-corrected chi connectivity index (χ1v) is 5.91. The third-order valence-electron chi connectivity index (χ3n) is 2.86. The van der Waals surface area contributed by atoms with E-state index in [1.54, 1.807) is 6.07 Å². The lowest BCUT2D eigenvalue weighted by molar-refractivity contribution is -0.530. The third-order valence-corrected chi connectivity index (χ3v) is 2.86. The van der Waals surface area contributed by atoms with Crippen LogP contribution in [0.15, 0.2) is 36.4 Å². The monoisotopic (exact) mass is 243 g/mol. The Hall–Kier alpha value is -2.03. The zero-order valence-corrected chi connectivity index (χ0v) is 10.8. The van der Waals surface area contributed by atoms with Crippen molar-refractivity contribution in [2.24, 2.45) is 0 Å². The second-order valence-electron chi connectivity index (χ2n) is 5.35. The van der Waals surface area contributed by atoms with Gasteiger partial charge in [0.1, 0.15) is 5.75 Å². The summed E-state index contributed by atoms with van der Waals surface area (Å²) in [5.74, 6) is 0.124. The van der Waals surface area contributed by atoms with Crippen molar-refractivity contribution >= 4 is 17.0 Å². The molecule has 18 heavy (non-hydrogen) atoms. The molecule has 0 bridgehead atoms. The van der Waals surface area contributed by atoms with Crippen molar-refractivity contribution in [1.29, 1.82) is 0 Å². The predicted molar refractivity (Wildman–Crippen MR) is 74.2 cm³/mol. The number of phenolic OH excluding ortho intramolecular Hbond substituents is 1. The molecule has 2 aromatic carbocycles. The van der Waals surface area contributed by atoms with E-state index < -0.39 is 5.54 Å². The van der Waals surface area contributed by atoms with Gasteiger partial charge in [0.15, 0.2) is 11.8 Å². The molecule has 2 rings (SSSR count). The molecule has 0 atom stereocenters. The number of fused-ring (bicyclic) bond motifs is 1. The van der Waals surface area contributed by atoms with Crippen molar-refractivity contribution in [3.63, 3.8) is 0 Å². The Bertz CT molecular complexity index is 609. The van der Waals surface area contributed by atoms with Crippen LogP contribution in [0.25, 0.3) is 10.8 Å². The van der Waals surface area contributed by atoms with Gasteiger partial charge in [0.05, 0.1) is 5.56 Å². The normalized spacial score (nSPS) is 12.9. The molecule has 2 aromatic rings. The summed E-state index contributed by atoms with van der Waals surface area (Å²) < 4.78 is 0.870. The highest BCUT2D eigenvalue weighted by molar-refractivity contribution is 6.00. The van der Waals surface area contributed by atoms with Gasteiger partial charge >= 0.3 is 0 Å². The average Bonchev–Trinajstić information content (AvgIpc) is 2.31. The van der Waals surface area contributed by atoms with Crippen molar-refractivity contribution in [2.45, 2.75) is 26.3 Å². The molecule has 1 N–H and O–H groups in total. The minimum Gasteiger partial charge on any atom is -0.623 e. The van der Waals surface area contributed by atoms with E-state index in [9.17, 15) is 10.3 Å². The molecule has 3 heteroatoms. The molecule has 0 saturated carbocycles. The third kappa shape index (κ3) is 2.30. The summed E-state index contributed by atoms with van der Waals surface area (Å²) in [7, 11) is 0. The number of hydrogen-bond donors (Lipinski definition) is 1. The van der Waals surface area contributed by atoms with E-state index in [4.69, 9.17) is 0 Å². The lowest BCUT2D eigenvalue weighted by atomic mass is 10.0. The summed E-state index contributed by atoms with van der Waals surface area (Å²) >= 11 is 0. The Morgan fingerprint density at radius 2 is 1.78 bits per heavy atom. The molecule has 0 amide bonds. The standard InChI is InChI=1S/C15H17NO2/c1-15(2,3)16(18)10-13-12-7-5-4-6-11(12)8-9-14(13)17/h4-10,17H,1-3H3. The Morgan fingerprint density at radius 3 is 2.44 bits per heavy atom. The number of hydroxylamine groups is 1. The second-order valence-corrected chi connectivity index (χ2v) is 5.35. The Labute approximate surface area is 107 Å². The van der Waals surface area contributed by atoms with E-state index in [2.05, 4.69) is 0 Å². The highest BCUT2D eigenvalue weighted by Gasteiger charge is 2.19. The average molecular weight is 243 g/mol. The van der Waals surface area contributed by atoms with Gasteiger partial charge < -0.3 is 10.3 Å². The number of hydrogen-bond acceptors (Lipinski definition) is 2. The van der Waals surface area contributed by atoms with Gasteiger partial charge in [-0.1, -0.05) is 30.3 Å². The lowest BCUT2D eigenvalue weighted by Gasteiger charge is -2.19. The van der Waals surface area contributed by atoms with E-state index >= 15 is 0 Å². The summed E-state index contributed by atoms with van der Waals surface area (Å²) in [6.07, 6.45) is 1.46. The minimum absolute atomic E-state index is 0.124. The van der Waals surface area contributed by atoms with E-state index in [0.29, 0.717) is 5.56 Å². The Balaban J connectivity index is 2.67. The van der Waals surface area contributed by atoms with Crippen LogP contribution in [0.2, 0.25) is 0 Å². The van der Waals surface area contributed by atoms with Crippen LogP contribution in [0.1, 0.15) is 26.3 Å². The van der Waals surface area contributed by atoms with E-state index in [1.165, 1.54) is 6.21 Å². The van der Waals surface area contributed by atoms with Gasteiger partial charge in [-0.3, -0.25) is 0 Å². The number of aromatic hydroxyl groups is 1. The van der Waals surface area contributed by atoms with Crippen LogP contribution in [0.4, 0.5) is 0 Å². The zero-order valence-electron chi connectivity index (χ0n) is 10.8. The molecule has 0 radical (unpaired) electrons. The van der Waals surface area contributed by atoms with E-state index in [-0.39, 0.29) is 5.75 Å². The van der Waals surface area contributed by atoms with Crippen LogP contribution in [0.5, 0.6) is 5.75 Å². The number of benzene rings is 2. The maximum absolute atomic E-state index is 12.0. The smallest absolute Gasteiger partial charge is 0.186 e. The van der Waals surface area contributed by atoms with Gasteiger partial charge in [0, 0.05) is 20.8 Å². The largest absolute Gasteiger partial charge is 0.623 e. The Morgan fingerprint density at radius 1 is 1.11 bits per heavy atom. The molecule has 0 aliphatic rings. The summed E-state index contributed by atoms with van der Waals surface area (Å²) in [6, 6.07) is 11.1. The fourth-order valence-corrected chi connectivity index (χ4v) is 1.73. The quantitative estimate of drug-likeness (QED) is 0.361. The molecule has 94 valence electrons. The second kappa shape index (κ2) is 4.33. The van der Waals surface area contributed by atoms with Crippen molar-refractivity contribution in [1.82, 2.24) is 0 Å². The van der Waals surface area contributed by atoms with Crippen LogP contribution < -0.4 is 0 Å². The van der Waals surface area contributed by atoms with Gasteiger partial charge in [0.2, 0.25) is 0 Å². The molecule has 0 aliphatic carbocycles. The summed E-state index contributed by atoms with van der Waals surface area (Å²) in [5, 5.41) is 23.8. The first-order chi connectivity index (χ1) is 8.39. The molecule has 0 saturated heterocycles. The lowest BCUT2D eigenvalue weighted by Crippen LogP contribution is -2.29. The van der Waals surface area contributed by atoms with Gasteiger partial charge in [-0.15, -0.1) is 0 Å². The van der Waals surface area contributed by atoms with Crippen molar-refractivity contribution in [2.75, 3.05) is 0 Å². The van der Waals surface area contributed by atoms with Crippen LogP contribution in [-0.2, 0) is 0 Å². The molecule has 0 spiro atoms. The molecule has 0 unspecified atom stereocenters. The van der Waals surface area contributed by atoms with Crippen molar-refractivity contribution < 1.29 is 9.85 Å². The summed E-state index contributed by atoms with van der Waals surface area (Å²) in [6.45, 7) is 5.50. The first-order valence-electron chi connectivity index (χ1n) is 5.91. The van der Waals surface area contributed by atoms with Crippen LogP contribution in [-0.4, -0.2) is 21.6 Å². The molecule has 0 aliphatic heterocycles. The van der Waals surface area contributed by atoms with E-state index in [1.807, 2.05) is 51.1 Å². The van der Waals surface area contributed by atoms with Gasteiger partial charge in [-0.05, 0) is 16.8 Å². The van der Waals surface area contributed by atoms with Crippen molar-refractivity contribution in [3.05, 3.63) is 47.2 Å². The predicted octanol–water partition coefficient (Wildman–Crippen LogP) is 3.27. The van der Waals surface area contributed by atoms with Crippen LogP contribution in [0.3, 0.4) is 0 Å². The van der Waals surface area contributed by atoms with Crippen LogP contribution in [0, 0.1) is 5.21 Å². The van der Waals surface area contributed by atoms with Gasteiger partial charge in [0.25, 0.3) is 0 Å². The molecular weight excluding hydrogens is 226 g/mol. The first kappa shape index (κ1) is 12.4. The molecule has 0 aromatic heterocycles. The molecular formula is C15H17NO2. The fraction of sp³-hybridized carbons (Fsp3) is 0.267. The van der Waals surface area contributed by atoms with Gasteiger partial charge in [-0.2, -0.15) is 0 Å². The fourth-order valence-electron chi connectivity index (χ4n) is 1.73. The molecule has 0 fully saturated rings. The summed E-state index contributed by atoms with van der Waals surface area (Å²) in [4.78, 5) is 0. The number of phenols is 1. The SMILES string of the molecule is CC(C)(C)[N+]([O-])=Cc1c(O)ccc2ccccc12. The number of nitrogens with zero attached hydrogens (tertiary/aromatic N) is 1. The maximum Gasteiger partial charge on any atom is 0.186 e. The van der Waals surface area contributed by atoms with E-state index in [0.717, 1.165) is 15.5 Å². The topological polar surface area (TPSA) is 46.3 Å². The van der Waals surface area contributed by atoms with Gasteiger partial charge in [-0.25, -0.2) is 4.74 Å². The highest BCUT2D eigenvalue weighted by Crippen LogP contribution is 2.25. The minimum atomic E-state index is -0.524. The Kier molecular flexibility index (Phi) is 2.99. The van der Waals surface area contributed by atoms with Crippen molar-refractivity contribution in [3.8, 4) is 5.75 Å². The molecule has 3 nitrogen and oxygen atoms in total. The zero-order chi connectivity index (χ0) is 13.3. The highest BCUT2D eigenvalue weighted by atomic mass is 16.5. The van der Waals surface area contributed by atoms with Crippen LogP contribution >= 0.6 is 0 Å².